The summed E-state index contributed by atoms with van der Waals surface area (Å²) in [4.78, 5) is 14.0. The van der Waals surface area contributed by atoms with Crippen LogP contribution in [-0.4, -0.2) is 30.4 Å². The van der Waals surface area contributed by atoms with E-state index in [1.165, 1.54) is 0 Å². The van der Waals surface area contributed by atoms with Crippen molar-refractivity contribution in [3.63, 3.8) is 0 Å². The topological polar surface area (TPSA) is 46.3 Å². The van der Waals surface area contributed by atoms with Crippen molar-refractivity contribution in [2.75, 3.05) is 19.6 Å². The Morgan fingerprint density at radius 3 is 2.62 bits per heavy atom. The molecule has 2 atom stereocenters. The highest BCUT2D eigenvalue weighted by atomic mass is 16.2. The van der Waals surface area contributed by atoms with Crippen LogP contribution in [0.1, 0.15) is 40.0 Å². The molecule has 2 unspecified atom stereocenters. The highest BCUT2D eigenvalue weighted by Crippen LogP contribution is 2.20. The number of hydrogen-bond donors (Lipinski definition) is 1. The van der Waals surface area contributed by atoms with Crippen LogP contribution in [0, 0.1) is 17.8 Å². The number of rotatable bonds is 5. The summed E-state index contributed by atoms with van der Waals surface area (Å²) in [5.41, 5.74) is 5.72. The molecular weight excluding hydrogens is 200 g/mol. The van der Waals surface area contributed by atoms with Crippen LogP contribution < -0.4 is 5.73 Å². The van der Waals surface area contributed by atoms with Crippen LogP contribution in [0.2, 0.25) is 0 Å². The Kier molecular flexibility index (Phi) is 5.26. The minimum absolute atomic E-state index is 0.306. The molecule has 3 heteroatoms. The summed E-state index contributed by atoms with van der Waals surface area (Å²) in [6.45, 7) is 9.10. The summed E-state index contributed by atoms with van der Waals surface area (Å²) < 4.78 is 0. The lowest BCUT2D eigenvalue weighted by Gasteiger charge is -2.21. The van der Waals surface area contributed by atoms with E-state index < -0.39 is 0 Å². The molecule has 1 amide bonds. The first kappa shape index (κ1) is 13.5. The molecule has 0 aromatic carbocycles. The van der Waals surface area contributed by atoms with Crippen molar-refractivity contribution >= 4 is 5.91 Å². The number of carbonyl (C=O) groups excluding carboxylic acids is 1. The van der Waals surface area contributed by atoms with Gasteiger partial charge in [0.1, 0.15) is 0 Å². The average molecular weight is 226 g/mol. The van der Waals surface area contributed by atoms with Gasteiger partial charge in [0.25, 0.3) is 0 Å². The van der Waals surface area contributed by atoms with Gasteiger partial charge in [-0.25, -0.2) is 0 Å². The first-order valence-corrected chi connectivity index (χ1v) is 6.50. The fraction of sp³-hybridized carbons (Fsp3) is 0.923. The minimum atomic E-state index is 0.306. The summed E-state index contributed by atoms with van der Waals surface area (Å²) >= 11 is 0. The van der Waals surface area contributed by atoms with Gasteiger partial charge in [0, 0.05) is 19.5 Å². The van der Waals surface area contributed by atoms with Crippen molar-refractivity contribution < 1.29 is 4.79 Å². The van der Waals surface area contributed by atoms with E-state index in [0.29, 0.717) is 36.6 Å². The maximum atomic E-state index is 12.0. The van der Waals surface area contributed by atoms with Crippen molar-refractivity contribution in [3.05, 3.63) is 0 Å². The third kappa shape index (κ3) is 4.12. The number of nitrogens with zero attached hydrogens (tertiary/aromatic N) is 1. The van der Waals surface area contributed by atoms with Crippen LogP contribution in [0.4, 0.5) is 0 Å². The number of carbonyl (C=O) groups is 1. The molecule has 0 bridgehead atoms. The Morgan fingerprint density at radius 1 is 1.50 bits per heavy atom. The summed E-state index contributed by atoms with van der Waals surface area (Å²) in [7, 11) is 0. The molecule has 0 aromatic rings. The lowest BCUT2D eigenvalue weighted by Crippen LogP contribution is -2.32. The van der Waals surface area contributed by atoms with Gasteiger partial charge in [-0.05, 0) is 37.1 Å². The number of hydrogen-bond acceptors (Lipinski definition) is 2. The van der Waals surface area contributed by atoms with E-state index in [1.807, 2.05) is 4.90 Å². The Balaban J connectivity index is 2.36. The van der Waals surface area contributed by atoms with Crippen molar-refractivity contribution in [1.29, 1.82) is 0 Å². The van der Waals surface area contributed by atoms with Crippen LogP contribution >= 0.6 is 0 Å². The first-order chi connectivity index (χ1) is 7.52. The number of likely N-dealkylation sites (tertiary alicyclic amines) is 1. The fourth-order valence-corrected chi connectivity index (χ4v) is 2.47. The van der Waals surface area contributed by atoms with Crippen LogP contribution in [0.25, 0.3) is 0 Å². The normalized spacial score (nSPS) is 22.8. The van der Waals surface area contributed by atoms with Crippen LogP contribution in [-0.2, 0) is 4.79 Å². The van der Waals surface area contributed by atoms with Gasteiger partial charge in [-0.2, -0.15) is 0 Å². The Morgan fingerprint density at radius 2 is 2.19 bits per heavy atom. The molecule has 0 radical (unpaired) electrons. The molecular formula is C13H26N2O. The molecule has 1 fully saturated rings. The molecule has 3 nitrogen and oxygen atoms in total. The van der Waals surface area contributed by atoms with Gasteiger partial charge in [-0.3, -0.25) is 4.79 Å². The highest BCUT2D eigenvalue weighted by molar-refractivity contribution is 5.76. The predicted octanol–water partition coefficient (Wildman–Crippen LogP) is 1.87. The summed E-state index contributed by atoms with van der Waals surface area (Å²) in [6.07, 6.45) is 2.86. The standard InChI is InChI=1S/C13H26N2O/c1-10(2)6-12(8-14)7-13(16)15-5-4-11(3)9-15/h10-12H,4-9,14H2,1-3H3. The lowest BCUT2D eigenvalue weighted by atomic mass is 9.94. The second-order valence-electron chi connectivity index (χ2n) is 5.67. The first-order valence-electron chi connectivity index (χ1n) is 6.50. The monoisotopic (exact) mass is 226 g/mol. The third-order valence-electron chi connectivity index (χ3n) is 3.38. The maximum Gasteiger partial charge on any atom is 0.222 e. The molecule has 0 saturated carbocycles. The van der Waals surface area contributed by atoms with E-state index in [-0.39, 0.29) is 0 Å². The van der Waals surface area contributed by atoms with Gasteiger partial charge < -0.3 is 10.6 Å². The van der Waals surface area contributed by atoms with Crippen molar-refractivity contribution in [3.8, 4) is 0 Å². The zero-order valence-corrected chi connectivity index (χ0v) is 10.9. The predicted molar refractivity (Wildman–Crippen MR) is 67.0 cm³/mol. The molecule has 0 aliphatic carbocycles. The molecule has 1 aliphatic heterocycles. The molecule has 94 valence electrons. The van der Waals surface area contributed by atoms with Crippen molar-refractivity contribution in [2.24, 2.45) is 23.5 Å². The largest absolute Gasteiger partial charge is 0.342 e. The second kappa shape index (κ2) is 6.24. The van der Waals surface area contributed by atoms with Crippen molar-refractivity contribution in [2.45, 2.75) is 40.0 Å². The average Bonchev–Trinajstić information content (AvgIpc) is 2.63. The van der Waals surface area contributed by atoms with Gasteiger partial charge >= 0.3 is 0 Å². The van der Waals surface area contributed by atoms with E-state index >= 15 is 0 Å². The van der Waals surface area contributed by atoms with Gasteiger partial charge in [-0.15, -0.1) is 0 Å². The van der Waals surface area contributed by atoms with Gasteiger partial charge in [0.2, 0.25) is 5.91 Å². The van der Waals surface area contributed by atoms with Crippen LogP contribution in [0.15, 0.2) is 0 Å². The van der Waals surface area contributed by atoms with E-state index in [4.69, 9.17) is 5.73 Å². The molecule has 1 saturated heterocycles. The van der Waals surface area contributed by atoms with E-state index in [0.717, 1.165) is 25.9 Å². The molecule has 2 N–H and O–H groups in total. The summed E-state index contributed by atoms with van der Waals surface area (Å²) in [5.74, 6) is 1.97. The minimum Gasteiger partial charge on any atom is -0.342 e. The summed E-state index contributed by atoms with van der Waals surface area (Å²) in [6, 6.07) is 0. The molecule has 0 spiro atoms. The highest BCUT2D eigenvalue weighted by Gasteiger charge is 2.25. The fourth-order valence-electron chi connectivity index (χ4n) is 2.47. The molecule has 1 aliphatic rings. The van der Waals surface area contributed by atoms with Crippen LogP contribution in [0.3, 0.4) is 0 Å². The Hall–Kier alpha value is -0.570. The third-order valence-corrected chi connectivity index (χ3v) is 3.38. The lowest BCUT2D eigenvalue weighted by molar-refractivity contribution is -0.131. The molecule has 0 aromatic heterocycles. The molecule has 1 rings (SSSR count). The van der Waals surface area contributed by atoms with Gasteiger partial charge in [0.15, 0.2) is 0 Å². The zero-order valence-electron chi connectivity index (χ0n) is 10.9. The van der Waals surface area contributed by atoms with E-state index in [2.05, 4.69) is 20.8 Å². The zero-order chi connectivity index (χ0) is 12.1. The number of amides is 1. The quantitative estimate of drug-likeness (QED) is 0.778. The second-order valence-corrected chi connectivity index (χ2v) is 5.67. The van der Waals surface area contributed by atoms with Crippen molar-refractivity contribution in [1.82, 2.24) is 4.90 Å². The SMILES string of the molecule is CC(C)CC(CN)CC(=O)N1CCC(C)C1. The van der Waals surface area contributed by atoms with Crippen LogP contribution in [0.5, 0.6) is 0 Å². The van der Waals surface area contributed by atoms with Gasteiger partial charge in [-0.1, -0.05) is 20.8 Å². The summed E-state index contributed by atoms with van der Waals surface area (Å²) in [5, 5.41) is 0. The maximum absolute atomic E-state index is 12.0. The van der Waals surface area contributed by atoms with Gasteiger partial charge in [0.05, 0.1) is 0 Å². The number of nitrogens with two attached hydrogens (primary N) is 1. The van der Waals surface area contributed by atoms with E-state index in [9.17, 15) is 4.79 Å². The molecule has 1 heterocycles. The smallest absolute Gasteiger partial charge is 0.222 e. The van der Waals surface area contributed by atoms with E-state index in [1.54, 1.807) is 0 Å². The Labute approximate surface area is 99.4 Å². The Bertz CT molecular complexity index is 228. The molecule has 16 heavy (non-hydrogen) atoms.